The van der Waals surface area contributed by atoms with E-state index in [-0.39, 0.29) is 5.41 Å². The van der Waals surface area contributed by atoms with Gasteiger partial charge in [0.2, 0.25) is 0 Å². The molecule has 0 saturated carbocycles. The second kappa shape index (κ2) is 16.5. The Morgan fingerprint density at radius 3 is 1.63 bits per heavy atom. The minimum Gasteiger partial charge on any atom is -0.346 e. The molecule has 1 N–H and O–H groups in total. The summed E-state index contributed by atoms with van der Waals surface area (Å²) >= 11 is 0. The van der Waals surface area contributed by atoms with Crippen LogP contribution in [0.2, 0.25) is 0 Å². The summed E-state index contributed by atoms with van der Waals surface area (Å²) in [6.45, 7) is 8.74. The largest absolute Gasteiger partial charge is 0.346 e. The normalized spacial score (nSPS) is 15.1. The predicted octanol–water partition coefficient (Wildman–Crippen LogP) is 13.1. The first-order chi connectivity index (χ1) is 29.5. The molecule has 1 aliphatic carbocycles. The zero-order valence-corrected chi connectivity index (χ0v) is 34.5. The lowest BCUT2D eigenvalue weighted by atomic mass is 9.73. The van der Waals surface area contributed by atoms with Crippen LogP contribution in [0, 0.1) is 6.42 Å². The minimum absolute atomic E-state index is 0.355. The van der Waals surface area contributed by atoms with E-state index in [2.05, 4.69) is 233 Å². The molecule has 293 valence electrons. The van der Waals surface area contributed by atoms with Gasteiger partial charge in [-0.15, -0.1) is 0 Å². The van der Waals surface area contributed by atoms with E-state index in [1.54, 1.807) is 0 Å². The number of para-hydroxylation sites is 4. The van der Waals surface area contributed by atoms with Gasteiger partial charge in [-0.3, -0.25) is 0 Å². The summed E-state index contributed by atoms with van der Waals surface area (Å²) in [5, 5.41) is 5.52. The van der Waals surface area contributed by atoms with Crippen molar-refractivity contribution in [3.63, 3.8) is 0 Å². The van der Waals surface area contributed by atoms with Crippen molar-refractivity contribution in [3.05, 3.63) is 234 Å². The van der Waals surface area contributed by atoms with Crippen LogP contribution in [-0.4, -0.2) is 4.98 Å². The highest BCUT2D eigenvalue weighted by Gasteiger charge is 2.38. The average Bonchev–Trinajstić information content (AvgIpc) is 3.32. The summed E-state index contributed by atoms with van der Waals surface area (Å²) in [5.74, 6) is 0.873. The molecule has 10 rings (SSSR count). The first-order valence-corrected chi connectivity index (χ1v) is 20.8. The Hall–Kier alpha value is -7.37. The molecule has 3 aliphatic rings. The maximum Gasteiger partial charge on any atom is 0.137 e. The SMILES string of the molecule is CC.CC1(C)c2cc(N(C3=C[CH]/C(=c4\ccnc5c4=CC=CN5)C=C3)c3ccccc3)ccc2N(c2ccccc2)c2ccc(N(c3ccccc3)c3ccccc3)cc21. The molecule has 1 aromatic heterocycles. The second-order valence-corrected chi connectivity index (χ2v) is 15.2. The zero-order chi connectivity index (χ0) is 41.1. The van der Waals surface area contributed by atoms with Crippen LogP contribution in [0.3, 0.4) is 0 Å². The Labute approximate surface area is 353 Å². The fourth-order valence-corrected chi connectivity index (χ4v) is 8.54. The molecule has 60 heavy (non-hydrogen) atoms. The van der Waals surface area contributed by atoms with Crippen LogP contribution in [0.4, 0.5) is 51.3 Å². The highest BCUT2D eigenvalue weighted by Crippen LogP contribution is 2.54. The number of fused-ring (bicyclic) bond motifs is 3. The first-order valence-electron chi connectivity index (χ1n) is 20.8. The smallest absolute Gasteiger partial charge is 0.137 e. The number of hydrogen-bond acceptors (Lipinski definition) is 5. The van der Waals surface area contributed by atoms with Gasteiger partial charge in [0.1, 0.15) is 5.82 Å². The Kier molecular flexibility index (Phi) is 10.5. The monoisotopic (exact) mass is 778 g/mol. The van der Waals surface area contributed by atoms with Gasteiger partial charge in [0.05, 0.1) is 11.4 Å². The standard InChI is InChI=1S/C53H42N5.C2H6/c1-53(2)48-36-44(56(39-16-7-3-8-17-39)40-18-9-4-10-19-40)29-31-50(48)58(42-22-13-6-14-23-42)51-32-30-45(37-49(51)53)57(41-20-11-5-12-21-41)43-27-25-38(26-28-43)46-33-35-55-52-47(46)24-15-34-54-52;1-2/h3-37H,1-2H3,(H,54,55);1-2H3. The maximum absolute atomic E-state index is 4.55. The average molecular weight is 779 g/mol. The van der Waals surface area contributed by atoms with Crippen LogP contribution in [0.1, 0.15) is 38.8 Å². The molecule has 0 amide bonds. The van der Waals surface area contributed by atoms with Gasteiger partial charge in [0.25, 0.3) is 0 Å². The van der Waals surface area contributed by atoms with E-state index < -0.39 is 0 Å². The van der Waals surface area contributed by atoms with E-state index in [1.807, 2.05) is 32.3 Å². The highest BCUT2D eigenvalue weighted by molar-refractivity contribution is 5.90. The van der Waals surface area contributed by atoms with Gasteiger partial charge >= 0.3 is 0 Å². The van der Waals surface area contributed by atoms with Gasteiger partial charge in [-0.05, 0) is 131 Å². The number of anilines is 9. The van der Waals surface area contributed by atoms with Crippen molar-refractivity contribution in [2.75, 3.05) is 20.0 Å². The van der Waals surface area contributed by atoms with E-state index >= 15 is 0 Å². The van der Waals surface area contributed by atoms with Crippen molar-refractivity contribution < 1.29 is 0 Å². The topological polar surface area (TPSA) is 34.6 Å². The fraction of sp³-hybridized carbons (Fsp3) is 0.0909. The van der Waals surface area contributed by atoms with Gasteiger partial charge in [-0.2, -0.15) is 0 Å². The van der Waals surface area contributed by atoms with Crippen molar-refractivity contribution in [3.8, 4) is 0 Å². The zero-order valence-electron chi connectivity index (χ0n) is 34.5. The quantitative estimate of drug-likeness (QED) is 0.174. The molecule has 3 heterocycles. The summed E-state index contributed by atoms with van der Waals surface area (Å²) in [5.41, 5.74) is 13.4. The van der Waals surface area contributed by atoms with Crippen LogP contribution in [-0.2, 0) is 5.41 Å². The van der Waals surface area contributed by atoms with E-state index in [4.69, 9.17) is 0 Å². The number of aromatic nitrogens is 1. The van der Waals surface area contributed by atoms with E-state index in [0.717, 1.165) is 61.6 Å². The van der Waals surface area contributed by atoms with Gasteiger partial charge in [-0.1, -0.05) is 113 Å². The van der Waals surface area contributed by atoms with Crippen molar-refractivity contribution in [1.82, 2.24) is 4.98 Å². The minimum atomic E-state index is -0.355. The lowest BCUT2D eigenvalue weighted by molar-refractivity contribution is 0.632. The van der Waals surface area contributed by atoms with Crippen molar-refractivity contribution in [1.29, 1.82) is 0 Å². The van der Waals surface area contributed by atoms with E-state index in [0.29, 0.717) is 0 Å². The lowest BCUT2D eigenvalue weighted by Gasteiger charge is -2.43. The Balaban J connectivity index is 0.00000228. The van der Waals surface area contributed by atoms with Crippen LogP contribution in [0.5, 0.6) is 0 Å². The third-order valence-electron chi connectivity index (χ3n) is 11.4. The molecule has 6 aromatic carbocycles. The number of pyridine rings is 1. The summed E-state index contributed by atoms with van der Waals surface area (Å²) in [6.07, 6.45) is 16.8. The summed E-state index contributed by atoms with van der Waals surface area (Å²) in [6, 6.07) is 58.7. The molecule has 0 unspecified atom stereocenters. The third-order valence-corrected chi connectivity index (χ3v) is 11.4. The summed E-state index contributed by atoms with van der Waals surface area (Å²) in [4.78, 5) is 11.7. The second-order valence-electron chi connectivity index (χ2n) is 15.2. The Bertz CT molecular complexity index is 2820. The first kappa shape index (κ1) is 38.2. The van der Waals surface area contributed by atoms with E-state index in [1.165, 1.54) is 22.5 Å². The molecular weight excluding hydrogens is 731 g/mol. The molecule has 0 saturated heterocycles. The van der Waals surface area contributed by atoms with Crippen LogP contribution < -0.4 is 30.5 Å². The number of nitrogens with one attached hydrogen (secondary N) is 1. The summed E-state index contributed by atoms with van der Waals surface area (Å²) in [7, 11) is 0. The molecule has 0 spiro atoms. The third kappa shape index (κ3) is 6.98. The van der Waals surface area contributed by atoms with Crippen molar-refractivity contribution in [2.24, 2.45) is 0 Å². The Morgan fingerprint density at radius 2 is 1.08 bits per heavy atom. The van der Waals surface area contributed by atoms with Crippen LogP contribution >= 0.6 is 0 Å². The van der Waals surface area contributed by atoms with Crippen molar-refractivity contribution in [2.45, 2.75) is 33.1 Å². The van der Waals surface area contributed by atoms with Crippen LogP contribution in [0.25, 0.3) is 11.6 Å². The molecule has 7 aromatic rings. The predicted molar refractivity (Wildman–Crippen MR) is 254 cm³/mol. The van der Waals surface area contributed by atoms with Gasteiger partial charge in [0.15, 0.2) is 0 Å². The lowest BCUT2D eigenvalue weighted by Crippen LogP contribution is -2.32. The number of hydrogen-bond donors (Lipinski definition) is 1. The van der Waals surface area contributed by atoms with Gasteiger partial charge < -0.3 is 20.0 Å². The molecule has 1 radical (unpaired) electrons. The summed E-state index contributed by atoms with van der Waals surface area (Å²) < 4.78 is 0. The van der Waals surface area contributed by atoms with Crippen LogP contribution in [0.15, 0.2) is 206 Å². The molecule has 0 fully saturated rings. The number of nitrogens with zero attached hydrogens (tertiary/aromatic N) is 4. The maximum atomic E-state index is 4.55. The van der Waals surface area contributed by atoms with Crippen molar-refractivity contribution >= 4 is 63.0 Å². The molecule has 0 atom stereocenters. The van der Waals surface area contributed by atoms with E-state index in [9.17, 15) is 0 Å². The molecule has 5 nitrogen and oxygen atoms in total. The molecule has 0 bridgehead atoms. The highest BCUT2D eigenvalue weighted by atomic mass is 15.2. The molecule has 2 aliphatic heterocycles. The molecule has 5 heteroatoms. The molecular formula is C55H48N5. The number of allylic oxidation sites excluding steroid dienone is 4. The fourth-order valence-electron chi connectivity index (χ4n) is 8.54. The number of rotatable bonds is 7. The number of benzene rings is 6. The van der Waals surface area contributed by atoms with Gasteiger partial charge in [-0.25, -0.2) is 4.98 Å². The Morgan fingerprint density at radius 1 is 0.550 bits per heavy atom. The van der Waals surface area contributed by atoms with Gasteiger partial charge in [0, 0.05) is 69.3 Å².